The van der Waals surface area contributed by atoms with Crippen LogP contribution in [-0.2, 0) is 13.0 Å². The smallest absolute Gasteiger partial charge is 0.266 e. The van der Waals surface area contributed by atoms with E-state index in [2.05, 4.69) is 25.8 Å². The molecule has 0 saturated carbocycles. The van der Waals surface area contributed by atoms with Gasteiger partial charge in [-0.3, -0.25) is 9.69 Å². The van der Waals surface area contributed by atoms with E-state index in [1.807, 2.05) is 0 Å². The minimum Gasteiger partial charge on any atom is -0.491 e. The predicted octanol–water partition coefficient (Wildman–Crippen LogP) is 2.24. The normalized spacial score (nSPS) is 22.0. The Hall–Kier alpha value is -0.890. The van der Waals surface area contributed by atoms with Crippen LogP contribution in [0.2, 0.25) is 0 Å². The molecule has 1 saturated heterocycles. The lowest BCUT2D eigenvalue weighted by molar-refractivity contribution is 0.174. The first-order valence-corrected chi connectivity index (χ1v) is 9.13. The van der Waals surface area contributed by atoms with Gasteiger partial charge in [0, 0.05) is 30.7 Å². The minimum atomic E-state index is -0.247. The molecule has 2 aliphatic rings. The number of aromatic nitrogens is 1. The van der Waals surface area contributed by atoms with Crippen molar-refractivity contribution in [1.82, 2.24) is 9.88 Å². The summed E-state index contributed by atoms with van der Waals surface area (Å²) < 4.78 is 7.48. The van der Waals surface area contributed by atoms with E-state index in [-0.39, 0.29) is 11.7 Å². The van der Waals surface area contributed by atoms with Gasteiger partial charge in [-0.25, -0.2) is 0 Å². The Morgan fingerprint density at radius 3 is 3.14 bits per heavy atom. The van der Waals surface area contributed by atoms with Crippen LogP contribution in [-0.4, -0.2) is 40.8 Å². The third-order valence-corrected chi connectivity index (χ3v) is 6.21. The van der Waals surface area contributed by atoms with Crippen molar-refractivity contribution in [1.29, 1.82) is 0 Å². The van der Waals surface area contributed by atoms with E-state index in [4.69, 9.17) is 4.74 Å². The Kier molecular flexibility index (Phi) is 3.76. The summed E-state index contributed by atoms with van der Waals surface area (Å²) in [7, 11) is 0. The molecule has 4 heterocycles. The largest absolute Gasteiger partial charge is 0.491 e. The Labute approximate surface area is 140 Å². The first kappa shape index (κ1) is 14.7. The number of nitrogens with zero attached hydrogens (tertiary/aromatic N) is 1. The first-order chi connectivity index (χ1) is 10.6. The van der Waals surface area contributed by atoms with Gasteiger partial charge in [-0.1, -0.05) is 0 Å². The molecule has 2 aromatic rings. The summed E-state index contributed by atoms with van der Waals surface area (Å²) in [5, 5.41) is 10.7. The predicted molar refractivity (Wildman–Crippen MR) is 89.9 cm³/mol. The van der Waals surface area contributed by atoms with Crippen molar-refractivity contribution in [3.8, 4) is 5.75 Å². The van der Waals surface area contributed by atoms with Crippen LogP contribution in [0.15, 0.2) is 8.58 Å². The number of thiophene rings is 1. The van der Waals surface area contributed by atoms with Crippen LogP contribution in [0.3, 0.4) is 0 Å². The molecule has 0 spiro atoms. The van der Waals surface area contributed by atoms with Crippen molar-refractivity contribution < 1.29 is 9.84 Å². The number of aromatic amines is 1. The van der Waals surface area contributed by atoms with Crippen molar-refractivity contribution in [2.75, 3.05) is 19.7 Å². The summed E-state index contributed by atoms with van der Waals surface area (Å²) in [6.07, 6.45) is 2.42. The van der Waals surface area contributed by atoms with Gasteiger partial charge in [-0.2, -0.15) is 0 Å². The summed E-state index contributed by atoms with van der Waals surface area (Å²) >= 11 is 4.96. The molecule has 0 bridgehead atoms. The van der Waals surface area contributed by atoms with Gasteiger partial charge >= 0.3 is 0 Å². The molecule has 0 radical (unpaired) electrons. The lowest BCUT2D eigenvalue weighted by Crippen LogP contribution is -2.24. The maximum absolute atomic E-state index is 12.4. The summed E-state index contributed by atoms with van der Waals surface area (Å²) in [6.45, 7) is 2.91. The SMILES string of the molecule is O=c1[nH]c(CN2CC[C@H](O)C2)c2c3c(c(Br)sc13)OCCC2. The fourth-order valence-electron chi connectivity index (χ4n) is 3.38. The highest BCUT2D eigenvalue weighted by molar-refractivity contribution is 9.11. The van der Waals surface area contributed by atoms with Crippen LogP contribution in [0.1, 0.15) is 24.1 Å². The maximum Gasteiger partial charge on any atom is 0.266 e. The van der Waals surface area contributed by atoms with Crippen molar-refractivity contribution in [2.24, 2.45) is 0 Å². The molecule has 2 N–H and O–H groups in total. The summed E-state index contributed by atoms with van der Waals surface area (Å²) in [4.78, 5) is 17.7. The summed E-state index contributed by atoms with van der Waals surface area (Å²) in [5.41, 5.74) is 2.13. The lowest BCUT2D eigenvalue weighted by Gasteiger charge is -2.17. The molecule has 1 atom stereocenters. The third kappa shape index (κ3) is 2.40. The molecule has 5 nitrogen and oxygen atoms in total. The lowest BCUT2D eigenvalue weighted by atomic mass is 10.0. The number of likely N-dealkylation sites (tertiary alicyclic amines) is 1. The number of ether oxygens (including phenoxy) is 1. The molecule has 0 unspecified atom stereocenters. The van der Waals surface area contributed by atoms with Crippen molar-refractivity contribution in [3.05, 3.63) is 25.4 Å². The number of aliphatic hydroxyl groups is 1. The molecule has 4 rings (SSSR count). The third-order valence-electron chi connectivity index (χ3n) is 4.41. The molecule has 0 aromatic carbocycles. The molecule has 1 fully saturated rings. The fourth-order valence-corrected chi connectivity index (χ4v) is 5.08. The Balaban J connectivity index is 1.84. The van der Waals surface area contributed by atoms with Gasteiger partial charge in [-0.05, 0) is 40.8 Å². The quantitative estimate of drug-likeness (QED) is 0.833. The van der Waals surface area contributed by atoms with E-state index in [1.165, 1.54) is 16.9 Å². The Morgan fingerprint density at radius 1 is 1.50 bits per heavy atom. The van der Waals surface area contributed by atoms with Crippen LogP contribution in [0, 0.1) is 0 Å². The second-order valence-corrected chi connectivity index (χ2v) is 8.29. The Morgan fingerprint density at radius 2 is 2.36 bits per heavy atom. The van der Waals surface area contributed by atoms with Gasteiger partial charge in [0.1, 0.15) is 8.49 Å². The average Bonchev–Trinajstić information content (AvgIpc) is 2.94. The average molecular weight is 385 g/mol. The molecule has 0 amide bonds. The van der Waals surface area contributed by atoms with Gasteiger partial charge in [0.05, 0.1) is 12.7 Å². The van der Waals surface area contributed by atoms with Crippen LogP contribution in [0.5, 0.6) is 5.75 Å². The number of hydrogen-bond donors (Lipinski definition) is 2. The van der Waals surface area contributed by atoms with Gasteiger partial charge in [-0.15, -0.1) is 11.3 Å². The van der Waals surface area contributed by atoms with Gasteiger partial charge < -0.3 is 14.8 Å². The van der Waals surface area contributed by atoms with Crippen LogP contribution in [0.25, 0.3) is 10.1 Å². The molecular weight excluding hydrogens is 368 g/mol. The molecule has 118 valence electrons. The van der Waals surface area contributed by atoms with Crippen molar-refractivity contribution in [2.45, 2.75) is 31.9 Å². The number of β-amino-alcohol motifs (C(OH)–C–C–N with tert-alkyl or cyclic N) is 1. The molecular formula is C15H17BrN2O3S. The summed E-state index contributed by atoms with van der Waals surface area (Å²) in [6, 6.07) is 0. The summed E-state index contributed by atoms with van der Waals surface area (Å²) in [5.74, 6) is 0.821. The second kappa shape index (κ2) is 5.63. The topological polar surface area (TPSA) is 65.6 Å². The zero-order valence-corrected chi connectivity index (χ0v) is 14.4. The monoisotopic (exact) mass is 384 g/mol. The minimum absolute atomic E-state index is 0.0454. The fraction of sp³-hybridized carbons (Fsp3) is 0.533. The highest BCUT2D eigenvalue weighted by Crippen LogP contribution is 2.44. The van der Waals surface area contributed by atoms with Gasteiger partial charge in [0.2, 0.25) is 0 Å². The Bertz CT molecular complexity index is 785. The van der Waals surface area contributed by atoms with E-state index >= 15 is 0 Å². The van der Waals surface area contributed by atoms with Gasteiger partial charge in [0.15, 0.2) is 5.75 Å². The van der Waals surface area contributed by atoms with Crippen LogP contribution >= 0.6 is 27.3 Å². The molecule has 7 heteroatoms. The van der Waals surface area contributed by atoms with Gasteiger partial charge in [0.25, 0.3) is 5.56 Å². The highest BCUT2D eigenvalue weighted by Gasteiger charge is 2.26. The number of H-pyrrole nitrogens is 1. The van der Waals surface area contributed by atoms with E-state index in [0.717, 1.165) is 51.1 Å². The number of aryl methyl sites for hydroxylation is 1. The zero-order chi connectivity index (χ0) is 15.3. The van der Waals surface area contributed by atoms with Crippen LogP contribution in [0.4, 0.5) is 0 Å². The highest BCUT2D eigenvalue weighted by atomic mass is 79.9. The first-order valence-electron chi connectivity index (χ1n) is 7.52. The van der Waals surface area contributed by atoms with Crippen molar-refractivity contribution in [3.63, 3.8) is 0 Å². The maximum atomic E-state index is 12.4. The van der Waals surface area contributed by atoms with E-state index in [1.54, 1.807) is 0 Å². The molecule has 22 heavy (non-hydrogen) atoms. The number of halogens is 1. The number of pyridine rings is 1. The number of hydrogen-bond acceptors (Lipinski definition) is 5. The standard InChI is InChI=1S/C15H17BrN2O3S/c16-14-12-11-9(2-1-5-21-12)10(17-15(20)13(11)22-14)7-18-4-3-8(19)6-18/h8,19H,1-7H2,(H,17,20)/t8-/m0/s1. The van der Waals surface area contributed by atoms with E-state index in [9.17, 15) is 9.90 Å². The number of nitrogens with one attached hydrogen (secondary N) is 1. The number of aliphatic hydroxyl groups excluding tert-OH is 1. The van der Waals surface area contributed by atoms with E-state index < -0.39 is 0 Å². The molecule has 2 aliphatic heterocycles. The van der Waals surface area contributed by atoms with E-state index in [0.29, 0.717) is 19.7 Å². The van der Waals surface area contributed by atoms with Crippen LogP contribution < -0.4 is 10.3 Å². The molecule has 0 aliphatic carbocycles. The molecule has 2 aromatic heterocycles. The second-order valence-electron chi connectivity index (χ2n) is 5.95. The number of rotatable bonds is 2. The zero-order valence-electron chi connectivity index (χ0n) is 12.0. The van der Waals surface area contributed by atoms with Crippen molar-refractivity contribution >= 4 is 37.4 Å².